The Kier molecular flexibility index (Phi) is 6.19. The summed E-state index contributed by atoms with van der Waals surface area (Å²) in [6.45, 7) is 2.53. The molecule has 0 radical (unpaired) electrons. The summed E-state index contributed by atoms with van der Waals surface area (Å²) in [5.74, 6) is 0.131. The zero-order chi connectivity index (χ0) is 19.2. The molecular weight excluding hydrogens is 368 g/mol. The number of nitrogens with one attached hydrogen (secondary N) is 2. The molecule has 1 aliphatic rings. The monoisotopic (exact) mass is 394 g/mol. The van der Waals surface area contributed by atoms with E-state index >= 15 is 0 Å². The Labute approximate surface area is 169 Å². The van der Waals surface area contributed by atoms with E-state index < -0.39 is 0 Å². The quantitative estimate of drug-likeness (QED) is 0.691. The van der Waals surface area contributed by atoms with Crippen molar-refractivity contribution in [1.82, 2.24) is 20.4 Å². The number of aromatic amines is 1. The predicted molar refractivity (Wildman–Crippen MR) is 113 cm³/mol. The molecule has 2 aromatic heterocycles. The fourth-order valence-corrected chi connectivity index (χ4v) is 4.61. The molecule has 3 heterocycles. The summed E-state index contributed by atoms with van der Waals surface area (Å²) in [6, 6.07) is 14.6. The van der Waals surface area contributed by atoms with Gasteiger partial charge in [0.2, 0.25) is 5.91 Å². The number of aromatic nitrogens is 2. The topological polar surface area (TPSA) is 61.0 Å². The lowest BCUT2D eigenvalue weighted by Crippen LogP contribution is -2.36. The second-order valence-electron chi connectivity index (χ2n) is 7.26. The van der Waals surface area contributed by atoms with Gasteiger partial charge in [-0.3, -0.25) is 14.8 Å². The number of hydrogen-bond acceptors (Lipinski definition) is 4. The summed E-state index contributed by atoms with van der Waals surface area (Å²) >= 11 is 1.71. The van der Waals surface area contributed by atoms with Crippen LogP contribution in [0.5, 0.6) is 0 Å². The van der Waals surface area contributed by atoms with E-state index in [0.29, 0.717) is 6.42 Å². The van der Waals surface area contributed by atoms with Crippen molar-refractivity contribution in [3.8, 4) is 10.6 Å². The van der Waals surface area contributed by atoms with Crippen molar-refractivity contribution >= 4 is 17.2 Å². The second-order valence-corrected chi connectivity index (χ2v) is 8.21. The molecule has 1 unspecified atom stereocenters. The molecule has 1 fully saturated rings. The summed E-state index contributed by atoms with van der Waals surface area (Å²) in [4.78, 5) is 16.2. The van der Waals surface area contributed by atoms with Gasteiger partial charge in [0.1, 0.15) is 0 Å². The molecule has 5 nitrogen and oxygen atoms in total. The molecular formula is C22H26N4OS. The molecule has 1 amide bonds. The first kappa shape index (κ1) is 18.9. The van der Waals surface area contributed by atoms with Crippen LogP contribution in [0.4, 0.5) is 0 Å². The van der Waals surface area contributed by atoms with Crippen molar-refractivity contribution in [2.45, 2.75) is 38.3 Å². The number of thiophene rings is 1. The molecule has 0 bridgehead atoms. The molecule has 0 aliphatic carbocycles. The highest BCUT2D eigenvalue weighted by Gasteiger charge is 2.25. The number of carbonyl (C=O) groups excluding carboxylic acids is 1. The smallest absolute Gasteiger partial charge is 0.221 e. The van der Waals surface area contributed by atoms with Gasteiger partial charge in [-0.05, 0) is 36.4 Å². The van der Waals surface area contributed by atoms with Crippen LogP contribution >= 0.6 is 11.3 Å². The molecule has 1 aliphatic heterocycles. The number of carbonyl (C=O) groups is 1. The maximum absolute atomic E-state index is 12.5. The Morgan fingerprint density at radius 1 is 1.11 bits per heavy atom. The SMILES string of the molecule is O=C1CC(c2ccccc2)N(Cc2cn[nH]c2-c2cccs2)CCCCCN1. The number of hydrogen-bond donors (Lipinski definition) is 2. The molecule has 6 heteroatoms. The summed E-state index contributed by atoms with van der Waals surface area (Å²) in [5, 5.41) is 12.6. The van der Waals surface area contributed by atoms with Crippen molar-refractivity contribution in [3.63, 3.8) is 0 Å². The Hall–Kier alpha value is -2.44. The van der Waals surface area contributed by atoms with Gasteiger partial charge in [-0.1, -0.05) is 42.8 Å². The van der Waals surface area contributed by atoms with Gasteiger partial charge in [0.15, 0.2) is 0 Å². The summed E-state index contributed by atoms with van der Waals surface area (Å²) in [7, 11) is 0. The van der Waals surface area contributed by atoms with Crippen LogP contribution in [0.1, 0.15) is 42.9 Å². The summed E-state index contributed by atoms with van der Waals surface area (Å²) < 4.78 is 0. The molecule has 2 N–H and O–H groups in total. The van der Waals surface area contributed by atoms with E-state index in [-0.39, 0.29) is 11.9 Å². The number of amides is 1. The van der Waals surface area contributed by atoms with Crippen LogP contribution in [-0.2, 0) is 11.3 Å². The third kappa shape index (κ3) is 4.51. The Morgan fingerprint density at radius 2 is 2.00 bits per heavy atom. The number of rotatable bonds is 4. The minimum absolute atomic E-state index is 0.0605. The van der Waals surface area contributed by atoms with Crippen molar-refractivity contribution in [2.24, 2.45) is 0 Å². The van der Waals surface area contributed by atoms with E-state index in [4.69, 9.17) is 0 Å². The van der Waals surface area contributed by atoms with E-state index in [9.17, 15) is 4.79 Å². The summed E-state index contributed by atoms with van der Waals surface area (Å²) in [6.07, 6.45) is 5.71. The fourth-order valence-electron chi connectivity index (χ4n) is 3.85. The van der Waals surface area contributed by atoms with E-state index in [0.717, 1.165) is 44.6 Å². The number of nitrogens with zero attached hydrogens (tertiary/aromatic N) is 2. The molecule has 146 valence electrons. The van der Waals surface area contributed by atoms with Crippen molar-refractivity contribution < 1.29 is 4.79 Å². The van der Waals surface area contributed by atoms with Crippen molar-refractivity contribution in [1.29, 1.82) is 0 Å². The molecule has 0 saturated carbocycles. The standard InChI is InChI=1S/C22H26N4OS/c27-21-14-19(17-8-3-1-4-9-17)26(12-6-2-5-11-23-21)16-18-15-24-25-22(18)20-10-7-13-28-20/h1,3-4,7-10,13,15,19H,2,5-6,11-12,14,16H2,(H,23,27)(H,24,25). The van der Waals surface area contributed by atoms with Gasteiger partial charge in [0.25, 0.3) is 0 Å². The second kappa shape index (κ2) is 9.17. The van der Waals surface area contributed by atoms with Crippen LogP contribution in [0.3, 0.4) is 0 Å². The fraction of sp³-hybridized carbons (Fsp3) is 0.364. The van der Waals surface area contributed by atoms with E-state index in [1.807, 2.05) is 12.3 Å². The summed E-state index contributed by atoms with van der Waals surface area (Å²) in [5.41, 5.74) is 3.46. The van der Waals surface area contributed by atoms with Gasteiger partial charge in [0, 0.05) is 31.1 Å². The largest absolute Gasteiger partial charge is 0.356 e. The Morgan fingerprint density at radius 3 is 2.82 bits per heavy atom. The molecule has 1 atom stereocenters. The third-order valence-corrected chi connectivity index (χ3v) is 6.19. The lowest BCUT2D eigenvalue weighted by atomic mass is 9.99. The first-order valence-corrected chi connectivity index (χ1v) is 10.8. The maximum Gasteiger partial charge on any atom is 0.221 e. The molecule has 1 saturated heterocycles. The minimum atomic E-state index is 0.0605. The van der Waals surface area contributed by atoms with E-state index in [1.165, 1.54) is 16.0 Å². The molecule has 1 aromatic carbocycles. The number of H-pyrrole nitrogens is 1. The average molecular weight is 395 g/mol. The van der Waals surface area contributed by atoms with Gasteiger partial charge < -0.3 is 5.32 Å². The van der Waals surface area contributed by atoms with Gasteiger partial charge in [0.05, 0.1) is 16.8 Å². The van der Waals surface area contributed by atoms with Gasteiger partial charge in [-0.25, -0.2) is 0 Å². The van der Waals surface area contributed by atoms with E-state index in [1.54, 1.807) is 11.3 Å². The Balaban J connectivity index is 1.64. The van der Waals surface area contributed by atoms with Crippen LogP contribution in [0, 0.1) is 0 Å². The van der Waals surface area contributed by atoms with Crippen molar-refractivity contribution in [2.75, 3.05) is 13.1 Å². The molecule has 28 heavy (non-hydrogen) atoms. The number of benzene rings is 1. The van der Waals surface area contributed by atoms with Gasteiger partial charge in [-0.15, -0.1) is 11.3 Å². The van der Waals surface area contributed by atoms with Crippen LogP contribution in [0.25, 0.3) is 10.6 Å². The zero-order valence-corrected chi connectivity index (χ0v) is 16.8. The lowest BCUT2D eigenvalue weighted by Gasteiger charge is -2.32. The molecule has 3 aromatic rings. The van der Waals surface area contributed by atoms with Crippen LogP contribution in [0.15, 0.2) is 54.0 Å². The highest BCUT2D eigenvalue weighted by molar-refractivity contribution is 7.13. The van der Waals surface area contributed by atoms with Gasteiger partial charge in [-0.2, -0.15) is 5.10 Å². The maximum atomic E-state index is 12.5. The average Bonchev–Trinajstić information content (AvgIpc) is 3.40. The highest BCUT2D eigenvalue weighted by Crippen LogP contribution is 2.31. The van der Waals surface area contributed by atoms with Gasteiger partial charge >= 0.3 is 0 Å². The first-order valence-electron chi connectivity index (χ1n) is 9.93. The first-order chi connectivity index (χ1) is 13.8. The highest BCUT2D eigenvalue weighted by atomic mass is 32.1. The lowest BCUT2D eigenvalue weighted by molar-refractivity contribution is -0.122. The predicted octanol–water partition coefficient (Wildman–Crippen LogP) is 4.37. The third-order valence-electron chi connectivity index (χ3n) is 5.31. The molecule has 4 rings (SSSR count). The molecule has 0 spiro atoms. The van der Waals surface area contributed by atoms with Crippen LogP contribution < -0.4 is 5.32 Å². The van der Waals surface area contributed by atoms with Crippen LogP contribution in [0.2, 0.25) is 0 Å². The van der Waals surface area contributed by atoms with Crippen LogP contribution in [-0.4, -0.2) is 34.1 Å². The Bertz CT molecular complexity index is 875. The van der Waals surface area contributed by atoms with E-state index in [2.05, 4.69) is 62.2 Å². The normalized spacial score (nSPS) is 19.3. The van der Waals surface area contributed by atoms with Crippen molar-refractivity contribution in [3.05, 3.63) is 65.2 Å². The minimum Gasteiger partial charge on any atom is -0.356 e. The zero-order valence-electron chi connectivity index (χ0n) is 15.9.